The fourth-order valence-corrected chi connectivity index (χ4v) is 3.42. The van der Waals surface area contributed by atoms with Crippen molar-refractivity contribution in [3.8, 4) is 5.75 Å². The predicted octanol–water partition coefficient (Wildman–Crippen LogP) is 4.36. The topological polar surface area (TPSA) is 72.7 Å². The van der Waals surface area contributed by atoms with Crippen molar-refractivity contribution in [2.24, 2.45) is 0 Å². The van der Waals surface area contributed by atoms with Crippen LogP contribution in [-0.2, 0) is 0 Å². The van der Waals surface area contributed by atoms with Gasteiger partial charge in [0.1, 0.15) is 5.75 Å². The number of amides is 1. The van der Waals surface area contributed by atoms with Gasteiger partial charge in [-0.05, 0) is 42.7 Å². The highest BCUT2D eigenvalue weighted by molar-refractivity contribution is 5.94. The highest BCUT2D eigenvalue weighted by Crippen LogP contribution is 2.32. The van der Waals surface area contributed by atoms with Gasteiger partial charge in [-0.1, -0.05) is 25.0 Å². The van der Waals surface area contributed by atoms with Crippen LogP contribution in [-0.4, -0.2) is 29.4 Å². The maximum Gasteiger partial charge on any atom is 0.269 e. The zero-order chi connectivity index (χ0) is 18.5. The Morgan fingerprint density at radius 3 is 2.38 bits per heavy atom. The molecule has 0 aromatic heterocycles. The van der Waals surface area contributed by atoms with E-state index in [0.717, 1.165) is 37.0 Å². The van der Waals surface area contributed by atoms with Crippen LogP contribution in [0.15, 0.2) is 48.5 Å². The molecule has 0 N–H and O–H groups in total. The number of likely N-dealkylation sites (tertiary alicyclic amines) is 1. The Kier molecular flexibility index (Phi) is 5.51. The van der Waals surface area contributed by atoms with E-state index in [9.17, 15) is 14.9 Å². The van der Waals surface area contributed by atoms with Crippen molar-refractivity contribution in [1.29, 1.82) is 0 Å². The lowest BCUT2D eigenvalue weighted by Gasteiger charge is -2.30. The van der Waals surface area contributed by atoms with Gasteiger partial charge in [0.25, 0.3) is 11.6 Å². The van der Waals surface area contributed by atoms with Gasteiger partial charge in [-0.25, -0.2) is 0 Å². The highest BCUT2D eigenvalue weighted by Gasteiger charge is 2.27. The molecule has 6 nitrogen and oxygen atoms in total. The van der Waals surface area contributed by atoms with Crippen LogP contribution in [0, 0.1) is 10.1 Å². The molecular weight excluding hydrogens is 332 g/mol. The maximum atomic E-state index is 13.1. The zero-order valence-electron chi connectivity index (χ0n) is 14.8. The van der Waals surface area contributed by atoms with Crippen molar-refractivity contribution < 1.29 is 14.5 Å². The fourth-order valence-electron chi connectivity index (χ4n) is 3.42. The first-order valence-electron chi connectivity index (χ1n) is 8.79. The number of carbonyl (C=O) groups is 1. The SMILES string of the molecule is COc1ccc([C@@H]2CCCCCN2C(=O)c2ccc([N+](=O)[O-])cc2)cc1. The van der Waals surface area contributed by atoms with E-state index in [1.165, 1.54) is 24.3 Å². The van der Waals surface area contributed by atoms with E-state index in [4.69, 9.17) is 4.74 Å². The molecule has 1 aliphatic heterocycles. The van der Waals surface area contributed by atoms with E-state index in [1.807, 2.05) is 29.2 Å². The van der Waals surface area contributed by atoms with Crippen LogP contribution in [0.2, 0.25) is 0 Å². The molecule has 1 saturated heterocycles. The molecule has 1 aliphatic rings. The number of hydrogen-bond donors (Lipinski definition) is 0. The summed E-state index contributed by atoms with van der Waals surface area (Å²) in [6.45, 7) is 0.687. The van der Waals surface area contributed by atoms with E-state index in [1.54, 1.807) is 7.11 Å². The Morgan fingerprint density at radius 2 is 1.77 bits per heavy atom. The third kappa shape index (κ3) is 3.85. The molecule has 1 atom stereocenters. The van der Waals surface area contributed by atoms with Gasteiger partial charge in [0.2, 0.25) is 0 Å². The van der Waals surface area contributed by atoms with Crippen molar-refractivity contribution in [3.05, 3.63) is 69.8 Å². The third-order valence-corrected chi connectivity index (χ3v) is 4.84. The molecule has 0 bridgehead atoms. The lowest BCUT2D eigenvalue weighted by Crippen LogP contribution is -2.34. The number of nitro groups is 1. The third-order valence-electron chi connectivity index (χ3n) is 4.84. The molecule has 136 valence electrons. The summed E-state index contributed by atoms with van der Waals surface area (Å²) in [4.78, 5) is 25.3. The minimum absolute atomic E-state index is 0.00565. The van der Waals surface area contributed by atoms with Crippen LogP contribution >= 0.6 is 0 Å². The Labute approximate surface area is 152 Å². The van der Waals surface area contributed by atoms with E-state index >= 15 is 0 Å². The molecule has 26 heavy (non-hydrogen) atoms. The van der Waals surface area contributed by atoms with Crippen LogP contribution in [0.25, 0.3) is 0 Å². The number of nitro benzene ring substituents is 1. The van der Waals surface area contributed by atoms with Gasteiger partial charge in [-0.15, -0.1) is 0 Å². The van der Waals surface area contributed by atoms with Crippen molar-refractivity contribution in [2.75, 3.05) is 13.7 Å². The first kappa shape index (κ1) is 17.9. The smallest absolute Gasteiger partial charge is 0.269 e. The molecule has 0 saturated carbocycles. The first-order chi connectivity index (χ1) is 12.6. The maximum absolute atomic E-state index is 13.1. The van der Waals surface area contributed by atoms with Gasteiger partial charge in [0.05, 0.1) is 18.1 Å². The normalized spacial score (nSPS) is 17.4. The summed E-state index contributed by atoms with van der Waals surface area (Å²) in [5.41, 5.74) is 1.56. The first-order valence-corrected chi connectivity index (χ1v) is 8.79. The Balaban J connectivity index is 1.87. The molecule has 2 aromatic carbocycles. The molecule has 0 aliphatic carbocycles. The van der Waals surface area contributed by atoms with Crippen molar-refractivity contribution >= 4 is 11.6 Å². The largest absolute Gasteiger partial charge is 0.497 e. The van der Waals surface area contributed by atoms with Gasteiger partial charge >= 0.3 is 0 Å². The number of rotatable bonds is 4. The molecule has 0 spiro atoms. The minimum Gasteiger partial charge on any atom is -0.497 e. The van der Waals surface area contributed by atoms with Crippen molar-refractivity contribution in [2.45, 2.75) is 31.7 Å². The van der Waals surface area contributed by atoms with Crippen LogP contribution in [0.3, 0.4) is 0 Å². The molecule has 6 heteroatoms. The molecule has 0 radical (unpaired) electrons. The van der Waals surface area contributed by atoms with Gasteiger partial charge in [-0.2, -0.15) is 0 Å². The second-order valence-electron chi connectivity index (χ2n) is 6.44. The van der Waals surface area contributed by atoms with E-state index in [2.05, 4.69) is 0 Å². The standard InChI is InChI=1S/C20H22N2O4/c1-26-18-12-8-15(9-13-18)19-5-3-2-4-14-21(19)20(23)16-6-10-17(11-7-16)22(24)25/h6-13,19H,2-5,14H2,1H3/t19-/m0/s1. The average molecular weight is 354 g/mol. The van der Waals surface area contributed by atoms with Gasteiger partial charge < -0.3 is 9.64 Å². The minimum atomic E-state index is -0.458. The summed E-state index contributed by atoms with van der Waals surface area (Å²) < 4.78 is 5.22. The predicted molar refractivity (Wildman–Crippen MR) is 98.3 cm³/mol. The second kappa shape index (κ2) is 7.99. The van der Waals surface area contributed by atoms with E-state index in [-0.39, 0.29) is 17.6 Å². The van der Waals surface area contributed by atoms with Crippen LogP contribution in [0.1, 0.15) is 47.6 Å². The van der Waals surface area contributed by atoms with E-state index in [0.29, 0.717) is 12.1 Å². The number of methoxy groups -OCH3 is 1. The average Bonchev–Trinajstić information content (AvgIpc) is 2.93. The van der Waals surface area contributed by atoms with Crippen molar-refractivity contribution in [1.82, 2.24) is 4.90 Å². The summed E-state index contributed by atoms with van der Waals surface area (Å²) in [7, 11) is 1.63. The molecule has 0 unspecified atom stereocenters. The molecular formula is C20H22N2O4. The van der Waals surface area contributed by atoms with Gasteiger partial charge in [0, 0.05) is 24.2 Å². The fraction of sp³-hybridized carbons (Fsp3) is 0.350. The number of nitrogens with zero attached hydrogens (tertiary/aromatic N) is 2. The van der Waals surface area contributed by atoms with Crippen LogP contribution in [0.5, 0.6) is 5.75 Å². The zero-order valence-corrected chi connectivity index (χ0v) is 14.8. The molecule has 3 rings (SSSR count). The number of carbonyl (C=O) groups excluding carboxylic acids is 1. The number of non-ortho nitro benzene ring substituents is 1. The highest BCUT2D eigenvalue weighted by atomic mass is 16.6. The molecule has 2 aromatic rings. The Bertz CT molecular complexity index is 771. The number of benzene rings is 2. The van der Waals surface area contributed by atoms with Crippen LogP contribution in [0.4, 0.5) is 5.69 Å². The summed E-state index contributed by atoms with van der Waals surface area (Å²) >= 11 is 0. The summed E-state index contributed by atoms with van der Waals surface area (Å²) in [5.74, 6) is 0.707. The summed E-state index contributed by atoms with van der Waals surface area (Å²) in [6.07, 6.45) is 4.04. The van der Waals surface area contributed by atoms with Crippen molar-refractivity contribution in [3.63, 3.8) is 0 Å². The second-order valence-corrected chi connectivity index (χ2v) is 6.44. The Hall–Kier alpha value is -2.89. The lowest BCUT2D eigenvalue weighted by molar-refractivity contribution is -0.384. The Morgan fingerprint density at radius 1 is 1.08 bits per heavy atom. The number of hydrogen-bond acceptors (Lipinski definition) is 4. The van der Waals surface area contributed by atoms with Gasteiger partial charge in [0.15, 0.2) is 0 Å². The lowest BCUT2D eigenvalue weighted by atomic mass is 10.00. The van der Waals surface area contributed by atoms with Crippen LogP contribution < -0.4 is 4.74 Å². The summed E-state index contributed by atoms with van der Waals surface area (Å²) in [6, 6.07) is 13.7. The quantitative estimate of drug-likeness (QED) is 0.604. The number of ether oxygens (including phenoxy) is 1. The van der Waals surface area contributed by atoms with Gasteiger partial charge in [-0.3, -0.25) is 14.9 Å². The molecule has 1 fully saturated rings. The van der Waals surface area contributed by atoms with E-state index < -0.39 is 4.92 Å². The molecule has 1 heterocycles. The summed E-state index contributed by atoms with van der Waals surface area (Å²) in [5, 5.41) is 10.8. The molecule has 1 amide bonds. The monoisotopic (exact) mass is 354 g/mol.